The summed E-state index contributed by atoms with van der Waals surface area (Å²) in [5, 5.41) is 8.00. The Bertz CT molecular complexity index is 911. The van der Waals surface area contributed by atoms with Gasteiger partial charge >= 0.3 is 0 Å². The molecule has 0 spiro atoms. The first-order valence-electron chi connectivity index (χ1n) is 13.7. The van der Waals surface area contributed by atoms with Gasteiger partial charge in [0.05, 0.1) is 0 Å². The molecule has 17 nitrogen and oxygen atoms in total. The SMILES string of the molecule is CCCCCC(=O)N[C@@H](CCCN=C(N)N)C(=O)N[C@@H](CCCN=C(N)N)C(=O)N[C@@H](CCCN=C(N)N)C(N)=O. The van der Waals surface area contributed by atoms with Crippen molar-refractivity contribution in [3.05, 3.63) is 0 Å². The minimum atomic E-state index is -1.08. The third-order valence-corrected chi connectivity index (χ3v) is 5.79. The van der Waals surface area contributed by atoms with E-state index in [1.165, 1.54) is 0 Å². The van der Waals surface area contributed by atoms with Crippen LogP contribution in [0.4, 0.5) is 0 Å². The van der Waals surface area contributed by atoms with Gasteiger partial charge < -0.3 is 56.1 Å². The number of amides is 4. The van der Waals surface area contributed by atoms with Crippen molar-refractivity contribution >= 4 is 41.5 Å². The van der Waals surface area contributed by atoms with Gasteiger partial charge in [-0.3, -0.25) is 34.2 Å². The molecule has 0 aliphatic carbocycles. The van der Waals surface area contributed by atoms with Crippen molar-refractivity contribution in [3.63, 3.8) is 0 Å². The van der Waals surface area contributed by atoms with Gasteiger partial charge in [0.15, 0.2) is 17.9 Å². The van der Waals surface area contributed by atoms with Gasteiger partial charge in [-0.1, -0.05) is 19.8 Å². The van der Waals surface area contributed by atoms with Crippen LogP contribution in [0.2, 0.25) is 0 Å². The van der Waals surface area contributed by atoms with E-state index >= 15 is 0 Å². The van der Waals surface area contributed by atoms with Gasteiger partial charge in [0.25, 0.3) is 0 Å². The van der Waals surface area contributed by atoms with Gasteiger partial charge in [0.2, 0.25) is 23.6 Å². The number of hydrogen-bond acceptors (Lipinski definition) is 7. The van der Waals surface area contributed by atoms with Crippen molar-refractivity contribution in [3.8, 4) is 0 Å². The van der Waals surface area contributed by atoms with Crippen LogP contribution in [0.1, 0.15) is 71.1 Å². The lowest BCUT2D eigenvalue weighted by molar-refractivity contribution is -0.133. The molecule has 0 saturated heterocycles. The number of nitrogens with one attached hydrogen (secondary N) is 3. The third kappa shape index (κ3) is 19.4. The second kappa shape index (κ2) is 21.5. The van der Waals surface area contributed by atoms with Crippen molar-refractivity contribution in [2.45, 2.75) is 89.3 Å². The van der Waals surface area contributed by atoms with Crippen LogP contribution >= 0.6 is 0 Å². The highest BCUT2D eigenvalue weighted by Gasteiger charge is 2.28. The molecule has 0 fully saturated rings. The normalized spacial score (nSPS) is 12.6. The number of carbonyl (C=O) groups is 4. The zero-order valence-electron chi connectivity index (χ0n) is 23.9. The molecule has 0 rings (SSSR count). The van der Waals surface area contributed by atoms with Gasteiger partial charge in [0, 0.05) is 26.1 Å². The summed E-state index contributed by atoms with van der Waals surface area (Å²) in [6, 6.07) is -3.05. The first kappa shape index (κ1) is 36.7. The molecule has 17 N–H and O–H groups in total. The largest absolute Gasteiger partial charge is 0.370 e. The van der Waals surface area contributed by atoms with Gasteiger partial charge in [-0.15, -0.1) is 0 Å². The molecule has 0 radical (unpaired) electrons. The molecule has 0 saturated carbocycles. The first-order chi connectivity index (χ1) is 19.4. The Morgan fingerprint density at radius 2 is 0.951 bits per heavy atom. The zero-order valence-corrected chi connectivity index (χ0v) is 23.9. The molecule has 0 bridgehead atoms. The minimum absolute atomic E-state index is 0.0885. The number of unbranched alkanes of at least 4 members (excludes halogenated alkanes) is 2. The average Bonchev–Trinajstić information content (AvgIpc) is 2.88. The van der Waals surface area contributed by atoms with Crippen molar-refractivity contribution in [1.82, 2.24) is 16.0 Å². The lowest BCUT2D eigenvalue weighted by atomic mass is 10.1. The molecular formula is C24H49N13O4. The quantitative estimate of drug-likeness (QED) is 0.0343. The number of nitrogens with zero attached hydrogens (tertiary/aromatic N) is 3. The monoisotopic (exact) mass is 583 g/mol. The number of guanidine groups is 3. The summed E-state index contributed by atoms with van der Waals surface area (Å²) in [5.41, 5.74) is 37.6. The highest BCUT2D eigenvalue weighted by Crippen LogP contribution is 2.07. The maximum atomic E-state index is 13.3. The molecule has 0 aromatic heterocycles. The fourth-order valence-corrected chi connectivity index (χ4v) is 3.68. The second-order valence-corrected chi connectivity index (χ2v) is 9.45. The molecular weight excluding hydrogens is 534 g/mol. The van der Waals surface area contributed by atoms with Gasteiger partial charge in [-0.25, -0.2) is 0 Å². The van der Waals surface area contributed by atoms with E-state index in [-0.39, 0.29) is 69.1 Å². The van der Waals surface area contributed by atoms with E-state index in [1.807, 2.05) is 6.92 Å². The molecule has 0 aliphatic heterocycles. The predicted molar refractivity (Wildman–Crippen MR) is 159 cm³/mol. The number of nitrogens with two attached hydrogens (primary N) is 7. The summed E-state index contributed by atoms with van der Waals surface area (Å²) in [6.45, 7) is 2.71. The number of rotatable bonds is 22. The first-order valence-corrected chi connectivity index (χ1v) is 13.7. The van der Waals surface area contributed by atoms with Crippen LogP contribution in [0.5, 0.6) is 0 Å². The molecule has 0 heterocycles. The number of primary amides is 1. The Balaban J connectivity index is 5.64. The summed E-state index contributed by atoms with van der Waals surface area (Å²) in [6.07, 6.45) is 4.38. The smallest absolute Gasteiger partial charge is 0.243 e. The standard InChI is InChI=1S/C24H49N13O4/c1-2-3-4-11-18(38)35-16(9-6-13-33-23(28)29)20(40)37-17(10-7-14-34-24(30)31)21(41)36-15(19(25)39)8-5-12-32-22(26)27/h15-17H,2-14H2,1H3,(H2,25,39)(H,35,38)(H,36,41)(H,37,40)(H4,26,27,32)(H4,28,29,33)(H4,30,31,34)/t15-,16-,17-/m0/s1. The Kier molecular flexibility index (Phi) is 19.2. The lowest BCUT2D eigenvalue weighted by Gasteiger charge is -2.25. The number of hydrogen-bond donors (Lipinski definition) is 10. The molecule has 0 aliphatic rings. The molecule has 17 heteroatoms. The van der Waals surface area contributed by atoms with E-state index in [0.29, 0.717) is 25.7 Å². The fraction of sp³-hybridized carbons (Fsp3) is 0.708. The molecule has 0 aromatic carbocycles. The molecule has 41 heavy (non-hydrogen) atoms. The third-order valence-electron chi connectivity index (χ3n) is 5.79. The summed E-state index contributed by atoms with van der Waals surface area (Å²) in [5.74, 6) is -2.57. The summed E-state index contributed by atoms with van der Waals surface area (Å²) < 4.78 is 0. The number of aliphatic imine (C=N–C) groups is 3. The second-order valence-electron chi connectivity index (χ2n) is 9.45. The summed E-state index contributed by atoms with van der Waals surface area (Å²) >= 11 is 0. The van der Waals surface area contributed by atoms with Crippen LogP contribution in [-0.2, 0) is 19.2 Å². The molecule has 4 amide bonds. The van der Waals surface area contributed by atoms with E-state index in [4.69, 9.17) is 40.1 Å². The van der Waals surface area contributed by atoms with Crippen LogP contribution in [0, 0.1) is 0 Å². The number of carbonyl (C=O) groups excluding carboxylic acids is 4. The minimum Gasteiger partial charge on any atom is -0.370 e. The van der Waals surface area contributed by atoms with E-state index in [1.54, 1.807) is 0 Å². The Morgan fingerprint density at radius 3 is 1.34 bits per heavy atom. The molecule has 0 unspecified atom stereocenters. The van der Waals surface area contributed by atoms with E-state index < -0.39 is 35.8 Å². The molecule has 0 aromatic rings. The van der Waals surface area contributed by atoms with Crippen molar-refractivity contribution < 1.29 is 19.2 Å². The summed E-state index contributed by atoms with van der Waals surface area (Å²) in [4.78, 5) is 62.6. The average molecular weight is 584 g/mol. The molecule has 234 valence electrons. The highest BCUT2D eigenvalue weighted by molar-refractivity contribution is 5.94. The van der Waals surface area contributed by atoms with Gasteiger partial charge in [-0.05, 0) is 44.9 Å². The Labute approximate surface area is 240 Å². The highest BCUT2D eigenvalue weighted by atomic mass is 16.2. The van der Waals surface area contributed by atoms with Crippen molar-refractivity contribution in [1.29, 1.82) is 0 Å². The van der Waals surface area contributed by atoms with Crippen molar-refractivity contribution in [2.75, 3.05) is 19.6 Å². The molecule has 3 atom stereocenters. The zero-order chi connectivity index (χ0) is 31.2. The Hall–Kier alpha value is -4.31. The lowest BCUT2D eigenvalue weighted by Crippen LogP contribution is -2.56. The fourth-order valence-electron chi connectivity index (χ4n) is 3.68. The van der Waals surface area contributed by atoms with E-state index in [9.17, 15) is 19.2 Å². The van der Waals surface area contributed by atoms with Crippen LogP contribution in [0.3, 0.4) is 0 Å². The van der Waals surface area contributed by atoms with E-state index in [2.05, 4.69) is 30.9 Å². The summed E-state index contributed by atoms with van der Waals surface area (Å²) in [7, 11) is 0. The van der Waals surface area contributed by atoms with E-state index in [0.717, 1.165) is 12.8 Å². The predicted octanol–water partition coefficient (Wildman–Crippen LogP) is -3.33. The van der Waals surface area contributed by atoms with Crippen LogP contribution in [0.15, 0.2) is 15.0 Å². The van der Waals surface area contributed by atoms with Gasteiger partial charge in [-0.2, -0.15) is 0 Å². The topological polar surface area (TPSA) is 324 Å². The van der Waals surface area contributed by atoms with Crippen LogP contribution in [-0.4, -0.2) is 79.3 Å². The Morgan fingerprint density at radius 1 is 0.561 bits per heavy atom. The maximum absolute atomic E-state index is 13.3. The van der Waals surface area contributed by atoms with Crippen LogP contribution in [0.25, 0.3) is 0 Å². The maximum Gasteiger partial charge on any atom is 0.243 e. The van der Waals surface area contributed by atoms with Crippen LogP contribution < -0.4 is 56.1 Å². The van der Waals surface area contributed by atoms with Gasteiger partial charge in [0.1, 0.15) is 18.1 Å². The van der Waals surface area contributed by atoms with Crippen molar-refractivity contribution in [2.24, 2.45) is 55.1 Å².